The molecule has 1 heterocycles. The summed E-state index contributed by atoms with van der Waals surface area (Å²) in [5.41, 5.74) is 1.91. The molecule has 2 aromatic carbocycles. The van der Waals surface area contributed by atoms with Crippen molar-refractivity contribution in [1.82, 2.24) is 9.80 Å². The fourth-order valence-electron chi connectivity index (χ4n) is 3.17. The molecule has 0 radical (unpaired) electrons. The zero-order valence-electron chi connectivity index (χ0n) is 15.8. The van der Waals surface area contributed by atoms with E-state index in [-0.39, 0.29) is 24.1 Å². The third-order valence-corrected chi connectivity index (χ3v) is 4.79. The lowest BCUT2D eigenvalue weighted by Crippen LogP contribution is -2.49. The number of methoxy groups -OCH3 is 1. The molecule has 0 N–H and O–H groups in total. The molecule has 2 aromatic rings. The van der Waals surface area contributed by atoms with E-state index in [1.165, 1.54) is 13.2 Å². The number of rotatable bonds is 6. The third-order valence-electron chi connectivity index (χ3n) is 4.79. The first kappa shape index (κ1) is 19.2. The van der Waals surface area contributed by atoms with Crippen LogP contribution < -0.4 is 9.47 Å². The Morgan fingerprint density at radius 2 is 1.81 bits per heavy atom. The van der Waals surface area contributed by atoms with Gasteiger partial charge in [-0.15, -0.1) is 0 Å². The van der Waals surface area contributed by atoms with E-state index >= 15 is 0 Å². The van der Waals surface area contributed by atoms with Crippen molar-refractivity contribution in [3.63, 3.8) is 0 Å². The van der Waals surface area contributed by atoms with Crippen LogP contribution in [0.4, 0.5) is 4.39 Å². The summed E-state index contributed by atoms with van der Waals surface area (Å²) in [7, 11) is 1.46. The molecule has 0 aromatic heterocycles. The summed E-state index contributed by atoms with van der Waals surface area (Å²) >= 11 is 0. The summed E-state index contributed by atoms with van der Waals surface area (Å²) in [5, 5.41) is 0. The average molecular weight is 372 g/mol. The summed E-state index contributed by atoms with van der Waals surface area (Å²) in [4.78, 5) is 16.4. The molecule has 0 bridgehead atoms. The fraction of sp³-hybridized carbons (Fsp3) is 0.381. The van der Waals surface area contributed by atoms with Crippen molar-refractivity contribution in [3.8, 4) is 11.5 Å². The molecule has 0 atom stereocenters. The highest BCUT2D eigenvalue weighted by molar-refractivity contribution is 5.78. The number of piperazine rings is 1. The van der Waals surface area contributed by atoms with Gasteiger partial charge in [0.25, 0.3) is 5.91 Å². The first-order valence-electron chi connectivity index (χ1n) is 9.08. The van der Waals surface area contributed by atoms with Crippen LogP contribution in [-0.2, 0) is 11.3 Å². The van der Waals surface area contributed by atoms with Crippen molar-refractivity contribution in [2.24, 2.45) is 0 Å². The summed E-state index contributed by atoms with van der Waals surface area (Å²) in [6.07, 6.45) is 0. The second kappa shape index (κ2) is 8.86. The lowest BCUT2D eigenvalue weighted by Gasteiger charge is -2.34. The van der Waals surface area contributed by atoms with Gasteiger partial charge in [0.15, 0.2) is 18.2 Å². The first-order chi connectivity index (χ1) is 13.1. The van der Waals surface area contributed by atoms with Crippen molar-refractivity contribution >= 4 is 5.91 Å². The van der Waals surface area contributed by atoms with Crippen LogP contribution in [0.5, 0.6) is 11.5 Å². The largest absolute Gasteiger partial charge is 0.494 e. The van der Waals surface area contributed by atoms with Crippen molar-refractivity contribution < 1.29 is 18.7 Å². The quantitative estimate of drug-likeness (QED) is 0.782. The maximum atomic E-state index is 13.8. The highest BCUT2D eigenvalue weighted by Gasteiger charge is 2.21. The molecular weight excluding hydrogens is 347 g/mol. The minimum atomic E-state index is -0.350. The smallest absolute Gasteiger partial charge is 0.260 e. The zero-order valence-corrected chi connectivity index (χ0v) is 15.8. The highest BCUT2D eigenvalue weighted by atomic mass is 19.1. The number of ether oxygens (including phenoxy) is 2. The summed E-state index contributed by atoms with van der Waals surface area (Å²) < 4.78 is 24.4. The van der Waals surface area contributed by atoms with Gasteiger partial charge < -0.3 is 14.4 Å². The summed E-state index contributed by atoms with van der Waals surface area (Å²) in [6.45, 7) is 5.47. The summed E-state index contributed by atoms with van der Waals surface area (Å²) in [6, 6.07) is 12.7. The van der Waals surface area contributed by atoms with Crippen LogP contribution in [0.3, 0.4) is 0 Å². The van der Waals surface area contributed by atoms with Crippen molar-refractivity contribution in [1.29, 1.82) is 0 Å². The number of nitrogens with zero attached hydrogens (tertiary/aromatic N) is 2. The standard InChI is InChI=1S/C21H25FN2O3/c1-16-5-3-4-6-19(16)27-15-21(25)24-11-9-23(10-12-24)14-17-7-8-20(26-2)18(22)13-17/h3-8,13H,9-12,14-15H2,1-2H3. The number of benzene rings is 2. The Bertz CT molecular complexity index is 789. The van der Waals surface area contributed by atoms with Crippen LogP contribution in [0.25, 0.3) is 0 Å². The predicted molar refractivity (Wildman–Crippen MR) is 101 cm³/mol. The van der Waals surface area contributed by atoms with Gasteiger partial charge in [-0.05, 0) is 36.2 Å². The van der Waals surface area contributed by atoms with E-state index in [9.17, 15) is 9.18 Å². The van der Waals surface area contributed by atoms with Crippen LogP contribution in [0.2, 0.25) is 0 Å². The van der Waals surface area contributed by atoms with Gasteiger partial charge in [-0.3, -0.25) is 9.69 Å². The molecule has 1 saturated heterocycles. The Morgan fingerprint density at radius 3 is 2.48 bits per heavy atom. The molecule has 5 nitrogen and oxygen atoms in total. The van der Waals surface area contributed by atoms with Gasteiger partial charge in [-0.1, -0.05) is 24.3 Å². The van der Waals surface area contributed by atoms with E-state index in [2.05, 4.69) is 4.90 Å². The fourth-order valence-corrected chi connectivity index (χ4v) is 3.17. The maximum Gasteiger partial charge on any atom is 0.260 e. The van der Waals surface area contributed by atoms with Gasteiger partial charge >= 0.3 is 0 Å². The van der Waals surface area contributed by atoms with Crippen LogP contribution in [0.1, 0.15) is 11.1 Å². The van der Waals surface area contributed by atoms with E-state index in [1.54, 1.807) is 6.07 Å². The van der Waals surface area contributed by atoms with E-state index < -0.39 is 0 Å². The van der Waals surface area contributed by atoms with E-state index in [4.69, 9.17) is 9.47 Å². The van der Waals surface area contributed by atoms with E-state index in [0.717, 1.165) is 30.0 Å². The van der Waals surface area contributed by atoms with E-state index in [1.807, 2.05) is 42.2 Å². The van der Waals surface area contributed by atoms with Crippen molar-refractivity contribution in [2.45, 2.75) is 13.5 Å². The Morgan fingerprint density at radius 1 is 1.07 bits per heavy atom. The van der Waals surface area contributed by atoms with Gasteiger partial charge in [0, 0.05) is 32.7 Å². The average Bonchev–Trinajstić information content (AvgIpc) is 2.68. The molecule has 1 aliphatic heterocycles. The number of hydrogen-bond acceptors (Lipinski definition) is 4. The molecule has 0 aliphatic carbocycles. The lowest BCUT2D eigenvalue weighted by atomic mass is 10.2. The Kier molecular flexibility index (Phi) is 6.29. The van der Waals surface area contributed by atoms with Gasteiger partial charge in [-0.2, -0.15) is 0 Å². The SMILES string of the molecule is COc1ccc(CN2CCN(C(=O)COc3ccccc3C)CC2)cc1F. The zero-order chi connectivity index (χ0) is 19.2. The second-order valence-electron chi connectivity index (χ2n) is 6.68. The minimum absolute atomic E-state index is 0.00612. The monoisotopic (exact) mass is 372 g/mol. The molecule has 144 valence electrons. The van der Waals surface area contributed by atoms with Gasteiger partial charge in [0.05, 0.1) is 7.11 Å². The highest BCUT2D eigenvalue weighted by Crippen LogP contribution is 2.19. The molecule has 0 unspecified atom stereocenters. The number of halogens is 1. The molecule has 6 heteroatoms. The Labute approximate surface area is 159 Å². The number of carbonyl (C=O) groups excluding carboxylic acids is 1. The lowest BCUT2D eigenvalue weighted by molar-refractivity contribution is -0.135. The number of hydrogen-bond donors (Lipinski definition) is 0. The van der Waals surface area contributed by atoms with Crippen LogP contribution >= 0.6 is 0 Å². The molecule has 3 rings (SSSR count). The van der Waals surface area contributed by atoms with Crippen LogP contribution in [-0.4, -0.2) is 55.6 Å². The van der Waals surface area contributed by atoms with E-state index in [0.29, 0.717) is 19.6 Å². The number of aryl methyl sites for hydroxylation is 1. The predicted octanol–water partition coefficient (Wildman–Crippen LogP) is 2.87. The maximum absolute atomic E-state index is 13.8. The topological polar surface area (TPSA) is 42.0 Å². The molecular formula is C21H25FN2O3. The molecule has 1 fully saturated rings. The molecule has 1 aliphatic rings. The molecule has 0 spiro atoms. The van der Waals surface area contributed by atoms with Crippen molar-refractivity contribution in [3.05, 3.63) is 59.4 Å². The second-order valence-corrected chi connectivity index (χ2v) is 6.68. The van der Waals surface area contributed by atoms with Crippen molar-refractivity contribution in [2.75, 3.05) is 39.9 Å². The van der Waals surface area contributed by atoms with Crippen LogP contribution in [0, 0.1) is 12.7 Å². The molecule has 27 heavy (non-hydrogen) atoms. The third kappa shape index (κ3) is 4.98. The van der Waals surface area contributed by atoms with Gasteiger partial charge in [-0.25, -0.2) is 4.39 Å². The molecule has 1 amide bonds. The van der Waals surface area contributed by atoms with Gasteiger partial charge in [0.2, 0.25) is 0 Å². The normalized spacial score (nSPS) is 14.9. The van der Waals surface area contributed by atoms with Gasteiger partial charge in [0.1, 0.15) is 5.75 Å². The summed E-state index contributed by atoms with van der Waals surface area (Å²) in [5.74, 6) is 0.638. The Hall–Kier alpha value is -2.60. The Balaban J connectivity index is 1.46. The van der Waals surface area contributed by atoms with Crippen LogP contribution in [0.15, 0.2) is 42.5 Å². The molecule has 0 saturated carbocycles. The number of carbonyl (C=O) groups is 1. The number of para-hydroxylation sites is 1. The minimum Gasteiger partial charge on any atom is -0.494 e. The number of amides is 1. The first-order valence-corrected chi connectivity index (χ1v) is 9.08.